The number of ether oxygens (including phenoxy) is 1. The second kappa shape index (κ2) is 3.69. The van der Waals surface area contributed by atoms with Crippen molar-refractivity contribution in [1.82, 2.24) is 4.98 Å². The Kier molecular flexibility index (Phi) is 2.84. The van der Waals surface area contributed by atoms with Gasteiger partial charge in [0, 0.05) is 6.20 Å². The molecule has 0 amide bonds. The SMILES string of the molecule is CCC(O)c1cnc(OC)s1. The number of aromatic nitrogens is 1. The molecule has 0 aromatic carbocycles. The van der Waals surface area contributed by atoms with Gasteiger partial charge in [-0.15, -0.1) is 0 Å². The maximum absolute atomic E-state index is 9.35. The highest BCUT2D eigenvalue weighted by molar-refractivity contribution is 7.13. The van der Waals surface area contributed by atoms with Gasteiger partial charge in [-0.3, -0.25) is 0 Å². The van der Waals surface area contributed by atoms with E-state index in [0.29, 0.717) is 11.6 Å². The molecule has 0 fully saturated rings. The van der Waals surface area contributed by atoms with E-state index in [1.165, 1.54) is 11.3 Å². The minimum atomic E-state index is -0.392. The molecule has 1 heterocycles. The van der Waals surface area contributed by atoms with E-state index < -0.39 is 6.10 Å². The summed E-state index contributed by atoms with van der Waals surface area (Å²) in [7, 11) is 1.57. The molecular weight excluding hydrogens is 162 g/mol. The molecule has 4 heteroatoms. The zero-order chi connectivity index (χ0) is 8.27. The van der Waals surface area contributed by atoms with Crippen molar-refractivity contribution in [3.63, 3.8) is 0 Å². The smallest absolute Gasteiger partial charge is 0.273 e. The highest BCUT2D eigenvalue weighted by Gasteiger charge is 2.08. The van der Waals surface area contributed by atoms with Crippen molar-refractivity contribution in [3.8, 4) is 5.19 Å². The average molecular weight is 173 g/mol. The van der Waals surface area contributed by atoms with Gasteiger partial charge >= 0.3 is 0 Å². The predicted molar refractivity (Wildman–Crippen MR) is 43.9 cm³/mol. The lowest BCUT2D eigenvalue weighted by molar-refractivity contribution is 0.177. The molecule has 11 heavy (non-hydrogen) atoms. The van der Waals surface area contributed by atoms with E-state index in [1.54, 1.807) is 13.3 Å². The van der Waals surface area contributed by atoms with Crippen molar-refractivity contribution in [3.05, 3.63) is 11.1 Å². The minimum Gasteiger partial charge on any atom is -0.473 e. The summed E-state index contributed by atoms with van der Waals surface area (Å²) in [4.78, 5) is 4.81. The zero-order valence-corrected chi connectivity index (χ0v) is 7.39. The second-order valence-electron chi connectivity index (χ2n) is 2.16. The third-order valence-corrected chi connectivity index (χ3v) is 2.45. The Morgan fingerprint density at radius 2 is 2.55 bits per heavy atom. The molecule has 0 saturated heterocycles. The van der Waals surface area contributed by atoms with Crippen molar-refractivity contribution in [1.29, 1.82) is 0 Å². The van der Waals surface area contributed by atoms with Crippen LogP contribution in [0.5, 0.6) is 5.19 Å². The molecule has 3 nitrogen and oxygen atoms in total. The van der Waals surface area contributed by atoms with Gasteiger partial charge in [0.05, 0.1) is 18.1 Å². The summed E-state index contributed by atoms with van der Waals surface area (Å²) in [5.74, 6) is 0. The minimum absolute atomic E-state index is 0.392. The van der Waals surface area contributed by atoms with Crippen LogP contribution in [0.1, 0.15) is 24.3 Å². The molecule has 0 aliphatic carbocycles. The molecule has 0 aliphatic heterocycles. The third kappa shape index (κ3) is 1.91. The molecule has 0 aliphatic rings. The van der Waals surface area contributed by atoms with Gasteiger partial charge < -0.3 is 9.84 Å². The first-order valence-electron chi connectivity index (χ1n) is 3.45. The van der Waals surface area contributed by atoms with Crippen molar-refractivity contribution < 1.29 is 9.84 Å². The number of thiazole rings is 1. The van der Waals surface area contributed by atoms with Crippen molar-refractivity contribution in [2.45, 2.75) is 19.4 Å². The molecule has 0 spiro atoms. The zero-order valence-electron chi connectivity index (χ0n) is 6.57. The Hall–Kier alpha value is -0.610. The quantitative estimate of drug-likeness (QED) is 0.754. The molecule has 1 aromatic rings. The largest absolute Gasteiger partial charge is 0.473 e. The fourth-order valence-electron chi connectivity index (χ4n) is 0.719. The first-order chi connectivity index (χ1) is 5.27. The highest BCUT2D eigenvalue weighted by Crippen LogP contribution is 2.26. The van der Waals surface area contributed by atoms with Gasteiger partial charge in [0.2, 0.25) is 0 Å². The van der Waals surface area contributed by atoms with Crippen LogP contribution in [0.15, 0.2) is 6.20 Å². The highest BCUT2D eigenvalue weighted by atomic mass is 32.1. The van der Waals surface area contributed by atoms with Crippen molar-refractivity contribution in [2.75, 3.05) is 7.11 Å². The maximum Gasteiger partial charge on any atom is 0.273 e. The number of hydrogen-bond donors (Lipinski definition) is 1. The normalized spacial score (nSPS) is 13.0. The first kappa shape index (κ1) is 8.49. The number of nitrogens with zero attached hydrogens (tertiary/aromatic N) is 1. The Morgan fingerprint density at radius 3 is 3.00 bits per heavy atom. The van der Waals surface area contributed by atoms with E-state index in [9.17, 15) is 5.11 Å². The van der Waals surface area contributed by atoms with E-state index in [4.69, 9.17) is 4.74 Å². The molecule has 1 aromatic heterocycles. The van der Waals surface area contributed by atoms with E-state index in [0.717, 1.165) is 4.88 Å². The molecular formula is C7H11NO2S. The summed E-state index contributed by atoms with van der Waals surface area (Å²) < 4.78 is 4.89. The van der Waals surface area contributed by atoms with Crippen LogP contribution in [0, 0.1) is 0 Å². The van der Waals surface area contributed by atoms with Crippen LogP contribution in [-0.2, 0) is 0 Å². The van der Waals surface area contributed by atoms with Gasteiger partial charge in [0.1, 0.15) is 0 Å². The number of aliphatic hydroxyl groups is 1. The van der Waals surface area contributed by atoms with Crippen LogP contribution in [0.2, 0.25) is 0 Å². The van der Waals surface area contributed by atoms with Crippen LogP contribution >= 0.6 is 11.3 Å². The number of hydrogen-bond acceptors (Lipinski definition) is 4. The summed E-state index contributed by atoms with van der Waals surface area (Å²) in [5, 5.41) is 9.96. The maximum atomic E-state index is 9.35. The van der Waals surface area contributed by atoms with E-state index in [1.807, 2.05) is 6.92 Å². The first-order valence-corrected chi connectivity index (χ1v) is 4.27. The Morgan fingerprint density at radius 1 is 1.82 bits per heavy atom. The van der Waals surface area contributed by atoms with Crippen LogP contribution in [-0.4, -0.2) is 17.2 Å². The number of aliphatic hydroxyl groups excluding tert-OH is 1. The lowest BCUT2D eigenvalue weighted by Gasteiger charge is -2.00. The van der Waals surface area contributed by atoms with Crippen LogP contribution in [0.3, 0.4) is 0 Å². The lowest BCUT2D eigenvalue weighted by atomic mass is 10.2. The number of methoxy groups -OCH3 is 1. The average Bonchev–Trinajstić information content (AvgIpc) is 2.50. The molecule has 1 atom stereocenters. The fourth-order valence-corrected chi connectivity index (χ4v) is 1.52. The Balaban J connectivity index is 2.71. The Labute approximate surface area is 69.7 Å². The molecule has 0 bridgehead atoms. The third-order valence-electron chi connectivity index (χ3n) is 1.39. The van der Waals surface area contributed by atoms with Gasteiger partial charge in [-0.2, -0.15) is 0 Å². The molecule has 0 saturated carbocycles. The molecule has 62 valence electrons. The van der Waals surface area contributed by atoms with Gasteiger partial charge in [-0.1, -0.05) is 18.3 Å². The topological polar surface area (TPSA) is 42.4 Å². The molecule has 0 radical (unpaired) electrons. The fraction of sp³-hybridized carbons (Fsp3) is 0.571. The van der Waals surface area contributed by atoms with Crippen LogP contribution < -0.4 is 4.74 Å². The van der Waals surface area contributed by atoms with Crippen molar-refractivity contribution in [2.24, 2.45) is 0 Å². The van der Waals surface area contributed by atoms with Crippen molar-refractivity contribution >= 4 is 11.3 Å². The summed E-state index contributed by atoms with van der Waals surface area (Å²) in [5.41, 5.74) is 0. The van der Waals surface area contributed by atoms with E-state index in [2.05, 4.69) is 4.98 Å². The monoisotopic (exact) mass is 173 g/mol. The van der Waals surface area contributed by atoms with Gasteiger partial charge in [-0.05, 0) is 6.42 Å². The van der Waals surface area contributed by atoms with Gasteiger partial charge in [0.25, 0.3) is 5.19 Å². The lowest BCUT2D eigenvalue weighted by Crippen LogP contribution is -1.89. The second-order valence-corrected chi connectivity index (χ2v) is 3.18. The van der Waals surface area contributed by atoms with Gasteiger partial charge in [-0.25, -0.2) is 4.98 Å². The molecule has 1 unspecified atom stereocenters. The van der Waals surface area contributed by atoms with Crippen LogP contribution in [0.4, 0.5) is 0 Å². The molecule has 1 rings (SSSR count). The summed E-state index contributed by atoms with van der Waals surface area (Å²) in [6.45, 7) is 1.93. The summed E-state index contributed by atoms with van der Waals surface area (Å²) >= 11 is 1.38. The predicted octanol–water partition coefficient (Wildman–Crippen LogP) is 1.60. The standard InChI is InChI=1S/C7H11NO2S/c1-3-5(9)6-4-8-7(10-2)11-6/h4-5,9H,3H2,1-2H3. The number of rotatable bonds is 3. The van der Waals surface area contributed by atoms with Gasteiger partial charge in [0.15, 0.2) is 0 Å². The van der Waals surface area contributed by atoms with E-state index >= 15 is 0 Å². The summed E-state index contributed by atoms with van der Waals surface area (Å²) in [6.07, 6.45) is 1.97. The summed E-state index contributed by atoms with van der Waals surface area (Å²) in [6, 6.07) is 0. The van der Waals surface area contributed by atoms with Crippen LogP contribution in [0.25, 0.3) is 0 Å². The molecule has 1 N–H and O–H groups in total. The Bertz CT molecular complexity index is 224. The van der Waals surface area contributed by atoms with E-state index in [-0.39, 0.29) is 0 Å².